The van der Waals surface area contributed by atoms with Crippen LogP contribution < -0.4 is 14.4 Å². The summed E-state index contributed by atoms with van der Waals surface area (Å²) in [5.41, 5.74) is 1.48. The van der Waals surface area contributed by atoms with Crippen molar-refractivity contribution in [2.24, 2.45) is 0 Å². The topological polar surface area (TPSA) is 84.9 Å². The lowest BCUT2D eigenvalue weighted by Crippen LogP contribution is -2.48. The molecule has 26 heavy (non-hydrogen) atoms. The number of hydrogen-bond acceptors (Lipinski definition) is 7. The molecule has 0 radical (unpaired) electrons. The van der Waals surface area contributed by atoms with Crippen molar-refractivity contribution in [3.05, 3.63) is 30.3 Å². The molecule has 0 aliphatic carbocycles. The smallest absolute Gasteiger partial charge is 0.211 e. The van der Waals surface area contributed by atoms with E-state index in [2.05, 4.69) is 10.2 Å². The highest BCUT2D eigenvalue weighted by Crippen LogP contribution is 2.32. The van der Waals surface area contributed by atoms with Gasteiger partial charge in [0.15, 0.2) is 5.82 Å². The van der Waals surface area contributed by atoms with E-state index in [1.165, 1.54) is 10.6 Å². The van der Waals surface area contributed by atoms with Crippen LogP contribution in [0.3, 0.4) is 0 Å². The molecule has 9 heteroatoms. The highest BCUT2D eigenvalue weighted by molar-refractivity contribution is 7.88. The van der Waals surface area contributed by atoms with E-state index in [0.29, 0.717) is 43.4 Å². The molecule has 8 nitrogen and oxygen atoms in total. The second-order valence-electron chi connectivity index (χ2n) is 5.99. The second kappa shape index (κ2) is 7.46. The SMILES string of the molecule is COc1ccc(OC)c(-c2ccc(N3CCN(S(C)(=O)=O)CC3)nn2)c1. The van der Waals surface area contributed by atoms with Crippen LogP contribution in [-0.4, -0.2) is 69.6 Å². The first-order chi connectivity index (χ1) is 12.4. The summed E-state index contributed by atoms with van der Waals surface area (Å²) in [5.74, 6) is 2.13. The van der Waals surface area contributed by atoms with E-state index in [1.807, 2.05) is 35.2 Å². The van der Waals surface area contributed by atoms with Crippen LogP contribution in [0.25, 0.3) is 11.3 Å². The maximum absolute atomic E-state index is 11.6. The number of benzene rings is 1. The number of aromatic nitrogens is 2. The maximum Gasteiger partial charge on any atom is 0.211 e. The van der Waals surface area contributed by atoms with E-state index in [9.17, 15) is 8.42 Å². The summed E-state index contributed by atoms with van der Waals surface area (Å²) in [4.78, 5) is 2.03. The number of methoxy groups -OCH3 is 2. The predicted octanol–water partition coefficient (Wildman–Crippen LogP) is 1.24. The van der Waals surface area contributed by atoms with Gasteiger partial charge in [-0.15, -0.1) is 10.2 Å². The Hall–Kier alpha value is -2.39. The Morgan fingerprint density at radius 1 is 0.962 bits per heavy atom. The number of piperazine rings is 1. The maximum atomic E-state index is 11.6. The fourth-order valence-electron chi connectivity index (χ4n) is 2.90. The summed E-state index contributed by atoms with van der Waals surface area (Å²) in [7, 11) is 0.0695. The first-order valence-electron chi connectivity index (χ1n) is 8.18. The lowest BCUT2D eigenvalue weighted by Gasteiger charge is -2.33. The number of nitrogens with zero attached hydrogens (tertiary/aromatic N) is 4. The lowest BCUT2D eigenvalue weighted by atomic mass is 10.1. The van der Waals surface area contributed by atoms with Crippen molar-refractivity contribution in [2.45, 2.75) is 0 Å². The van der Waals surface area contributed by atoms with Crippen molar-refractivity contribution < 1.29 is 17.9 Å². The number of ether oxygens (including phenoxy) is 2. The second-order valence-corrected chi connectivity index (χ2v) is 7.97. The molecular weight excluding hydrogens is 356 g/mol. The number of sulfonamides is 1. The zero-order chi connectivity index (χ0) is 18.7. The van der Waals surface area contributed by atoms with Gasteiger partial charge < -0.3 is 14.4 Å². The third-order valence-electron chi connectivity index (χ3n) is 4.36. The molecule has 3 rings (SSSR count). The highest BCUT2D eigenvalue weighted by atomic mass is 32.2. The van der Waals surface area contributed by atoms with Crippen LogP contribution in [0, 0.1) is 0 Å². The Kier molecular flexibility index (Phi) is 5.28. The van der Waals surface area contributed by atoms with Crippen molar-refractivity contribution in [3.8, 4) is 22.8 Å². The average molecular weight is 378 g/mol. The van der Waals surface area contributed by atoms with Crippen LogP contribution in [0.15, 0.2) is 30.3 Å². The van der Waals surface area contributed by atoms with Gasteiger partial charge in [0.2, 0.25) is 10.0 Å². The van der Waals surface area contributed by atoms with Crippen molar-refractivity contribution in [2.75, 3.05) is 51.6 Å². The molecule has 1 aromatic heterocycles. The van der Waals surface area contributed by atoms with Gasteiger partial charge in [0.25, 0.3) is 0 Å². The van der Waals surface area contributed by atoms with E-state index in [-0.39, 0.29) is 0 Å². The van der Waals surface area contributed by atoms with Crippen LogP contribution in [0.5, 0.6) is 11.5 Å². The Morgan fingerprint density at radius 3 is 2.23 bits per heavy atom. The van der Waals surface area contributed by atoms with Gasteiger partial charge in [-0.3, -0.25) is 0 Å². The third kappa shape index (κ3) is 3.88. The van der Waals surface area contributed by atoms with Crippen LogP contribution >= 0.6 is 0 Å². The zero-order valence-corrected chi connectivity index (χ0v) is 15.9. The number of anilines is 1. The number of hydrogen-bond donors (Lipinski definition) is 0. The van der Waals surface area contributed by atoms with E-state index in [1.54, 1.807) is 14.2 Å². The van der Waals surface area contributed by atoms with Gasteiger partial charge in [0, 0.05) is 31.7 Å². The molecule has 0 spiro atoms. The molecule has 0 atom stereocenters. The first-order valence-corrected chi connectivity index (χ1v) is 10.0. The molecule has 1 fully saturated rings. The van der Waals surface area contributed by atoms with Gasteiger partial charge in [-0.25, -0.2) is 8.42 Å². The molecule has 0 saturated carbocycles. The lowest BCUT2D eigenvalue weighted by molar-refractivity contribution is 0.386. The summed E-state index contributed by atoms with van der Waals surface area (Å²) < 4.78 is 35.3. The molecule has 0 unspecified atom stereocenters. The molecule has 1 aromatic carbocycles. The monoisotopic (exact) mass is 378 g/mol. The van der Waals surface area contributed by atoms with Gasteiger partial charge in [0.1, 0.15) is 11.5 Å². The fourth-order valence-corrected chi connectivity index (χ4v) is 3.73. The van der Waals surface area contributed by atoms with E-state index in [4.69, 9.17) is 9.47 Å². The summed E-state index contributed by atoms with van der Waals surface area (Å²) in [6.45, 7) is 2.07. The summed E-state index contributed by atoms with van der Waals surface area (Å²) in [5, 5.41) is 8.63. The largest absolute Gasteiger partial charge is 0.497 e. The molecule has 1 aliphatic heterocycles. The van der Waals surface area contributed by atoms with Crippen molar-refractivity contribution in [1.29, 1.82) is 0 Å². The van der Waals surface area contributed by atoms with Crippen molar-refractivity contribution in [3.63, 3.8) is 0 Å². The Morgan fingerprint density at radius 2 is 1.69 bits per heavy atom. The van der Waals surface area contributed by atoms with Gasteiger partial charge in [-0.05, 0) is 30.3 Å². The van der Waals surface area contributed by atoms with Gasteiger partial charge in [-0.2, -0.15) is 4.31 Å². The zero-order valence-electron chi connectivity index (χ0n) is 15.0. The number of rotatable bonds is 5. The van der Waals surface area contributed by atoms with Gasteiger partial charge in [0.05, 0.1) is 26.2 Å². The van der Waals surface area contributed by atoms with E-state index >= 15 is 0 Å². The van der Waals surface area contributed by atoms with Crippen LogP contribution in [0.4, 0.5) is 5.82 Å². The van der Waals surface area contributed by atoms with Crippen LogP contribution in [0.2, 0.25) is 0 Å². The third-order valence-corrected chi connectivity index (χ3v) is 5.67. The van der Waals surface area contributed by atoms with Crippen molar-refractivity contribution >= 4 is 15.8 Å². The van der Waals surface area contributed by atoms with Crippen LogP contribution in [-0.2, 0) is 10.0 Å². The molecule has 0 amide bonds. The minimum atomic E-state index is -3.14. The van der Waals surface area contributed by atoms with Gasteiger partial charge >= 0.3 is 0 Å². The molecule has 2 aromatic rings. The standard InChI is InChI=1S/C17H22N4O4S/c1-24-13-4-6-16(25-2)14(12-13)15-5-7-17(19-18-15)20-8-10-21(11-9-20)26(3,22)23/h4-7,12H,8-11H2,1-3H3. The Bertz CT molecular complexity index is 863. The van der Waals surface area contributed by atoms with Crippen LogP contribution in [0.1, 0.15) is 0 Å². The molecule has 140 valence electrons. The average Bonchev–Trinajstić information content (AvgIpc) is 2.67. The fraction of sp³-hybridized carbons (Fsp3) is 0.412. The normalized spacial score (nSPS) is 15.7. The van der Waals surface area contributed by atoms with Gasteiger partial charge in [-0.1, -0.05) is 0 Å². The first kappa shape index (κ1) is 18.4. The summed E-state index contributed by atoms with van der Waals surface area (Å²) in [6, 6.07) is 9.27. The Balaban J connectivity index is 1.78. The Labute approximate surface area is 153 Å². The highest BCUT2D eigenvalue weighted by Gasteiger charge is 2.24. The predicted molar refractivity (Wildman–Crippen MR) is 99.2 cm³/mol. The quantitative estimate of drug-likeness (QED) is 0.774. The van der Waals surface area contributed by atoms with E-state index < -0.39 is 10.0 Å². The summed E-state index contributed by atoms with van der Waals surface area (Å²) >= 11 is 0. The molecule has 0 bridgehead atoms. The minimum Gasteiger partial charge on any atom is -0.497 e. The molecule has 1 saturated heterocycles. The molecule has 0 N–H and O–H groups in total. The molecule has 1 aliphatic rings. The molecular formula is C17H22N4O4S. The summed E-state index contributed by atoms with van der Waals surface area (Å²) in [6.07, 6.45) is 1.23. The molecule has 2 heterocycles. The van der Waals surface area contributed by atoms with Crippen molar-refractivity contribution in [1.82, 2.24) is 14.5 Å². The van der Waals surface area contributed by atoms with E-state index in [0.717, 1.165) is 11.4 Å². The minimum absolute atomic E-state index is 0.450.